The molecule has 0 spiro atoms. The van der Waals surface area contributed by atoms with Crippen molar-refractivity contribution in [2.45, 2.75) is 13.0 Å². The summed E-state index contributed by atoms with van der Waals surface area (Å²) in [5, 5.41) is 32.6. The van der Waals surface area contributed by atoms with Crippen LogP contribution < -0.4 is 19.3 Å². The highest BCUT2D eigenvalue weighted by molar-refractivity contribution is 6.52. The van der Waals surface area contributed by atoms with Crippen molar-refractivity contribution in [1.29, 1.82) is 0 Å². The SMILES string of the molecule is CCOc1cc(C2/C(=C(\O)c3ccc4c(c3)N(C)CCO4)C(=O)C(=O)N2c2cc(Cl)ccc2O)ccc1O. The van der Waals surface area contributed by atoms with Gasteiger partial charge in [0.2, 0.25) is 0 Å². The second-order valence-electron chi connectivity index (χ2n) is 8.91. The van der Waals surface area contributed by atoms with Crippen LogP contribution in [0.5, 0.6) is 23.0 Å². The van der Waals surface area contributed by atoms with Crippen LogP contribution in [0.1, 0.15) is 24.1 Å². The lowest BCUT2D eigenvalue weighted by molar-refractivity contribution is -0.132. The van der Waals surface area contributed by atoms with Crippen molar-refractivity contribution >= 4 is 40.4 Å². The summed E-state index contributed by atoms with van der Waals surface area (Å²) < 4.78 is 11.2. The highest BCUT2D eigenvalue weighted by atomic mass is 35.5. The van der Waals surface area contributed by atoms with E-state index >= 15 is 0 Å². The normalized spacial score (nSPS) is 18.3. The van der Waals surface area contributed by atoms with Crippen LogP contribution in [0.4, 0.5) is 11.4 Å². The molecule has 0 bridgehead atoms. The number of ketones is 1. The van der Waals surface area contributed by atoms with Gasteiger partial charge in [-0.1, -0.05) is 17.7 Å². The number of anilines is 2. The molecule has 0 radical (unpaired) electrons. The first-order valence-corrected chi connectivity index (χ1v) is 12.3. The van der Waals surface area contributed by atoms with Crippen molar-refractivity contribution in [1.82, 2.24) is 0 Å². The molecule has 0 aromatic heterocycles. The van der Waals surface area contributed by atoms with Gasteiger partial charge in [0, 0.05) is 17.6 Å². The van der Waals surface area contributed by atoms with E-state index in [1.54, 1.807) is 25.1 Å². The Bertz CT molecular complexity index is 1490. The Morgan fingerprint density at radius 1 is 1.05 bits per heavy atom. The Morgan fingerprint density at radius 3 is 2.58 bits per heavy atom. The summed E-state index contributed by atoms with van der Waals surface area (Å²) in [5.41, 5.74) is 1.20. The Hall–Kier alpha value is -4.37. The zero-order valence-corrected chi connectivity index (χ0v) is 21.4. The number of carbonyl (C=O) groups is 2. The number of phenolic OH excluding ortho intramolecular Hbond substituents is 2. The van der Waals surface area contributed by atoms with Gasteiger partial charge in [0.25, 0.3) is 11.7 Å². The third-order valence-electron chi connectivity index (χ3n) is 6.57. The highest BCUT2D eigenvalue weighted by Crippen LogP contribution is 2.47. The van der Waals surface area contributed by atoms with Crippen LogP contribution in [0.3, 0.4) is 0 Å². The summed E-state index contributed by atoms with van der Waals surface area (Å²) >= 11 is 6.17. The maximum Gasteiger partial charge on any atom is 0.300 e. The van der Waals surface area contributed by atoms with Gasteiger partial charge in [-0.2, -0.15) is 0 Å². The molecule has 0 saturated carbocycles. The molecule has 3 aromatic rings. The van der Waals surface area contributed by atoms with Crippen LogP contribution >= 0.6 is 11.6 Å². The molecule has 1 amide bonds. The van der Waals surface area contributed by atoms with Crippen LogP contribution in [0.2, 0.25) is 5.02 Å². The van der Waals surface area contributed by atoms with E-state index in [1.807, 2.05) is 11.9 Å². The number of Topliss-reactive ketones (excluding diaryl/α,β-unsaturated/α-hetero) is 1. The van der Waals surface area contributed by atoms with E-state index in [0.717, 1.165) is 10.6 Å². The topological polar surface area (TPSA) is 120 Å². The lowest BCUT2D eigenvalue weighted by Gasteiger charge is -2.28. The predicted molar refractivity (Wildman–Crippen MR) is 142 cm³/mol. The molecule has 10 heteroatoms. The number of benzene rings is 3. The number of phenols is 2. The minimum Gasteiger partial charge on any atom is -0.507 e. The van der Waals surface area contributed by atoms with Gasteiger partial charge in [0.05, 0.1) is 36.1 Å². The molecule has 1 saturated heterocycles. The average Bonchev–Trinajstić information content (AvgIpc) is 3.16. The molecule has 3 N–H and O–H groups in total. The van der Waals surface area contributed by atoms with Gasteiger partial charge in [-0.3, -0.25) is 14.5 Å². The summed E-state index contributed by atoms with van der Waals surface area (Å²) in [7, 11) is 1.89. The molecule has 2 heterocycles. The van der Waals surface area contributed by atoms with Gasteiger partial charge < -0.3 is 29.7 Å². The van der Waals surface area contributed by atoms with Crippen LogP contribution in [-0.4, -0.2) is 53.8 Å². The summed E-state index contributed by atoms with van der Waals surface area (Å²) in [6, 6.07) is 12.3. The minimum absolute atomic E-state index is 0.00624. The maximum atomic E-state index is 13.5. The number of ether oxygens (including phenoxy) is 2. The van der Waals surface area contributed by atoms with Crippen molar-refractivity contribution < 1.29 is 34.4 Å². The number of likely N-dealkylation sites (N-methyl/N-ethyl adjacent to an activating group) is 1. The standard InChI is InChI=1S/C28H25ClN2O7/c1-3-37-23-13-15(4-7-21(23)33)25-24(26(34)16-5-9-22-19(12-16)30(2)10-11-38-22)27(35)28(36)31(25)18-14-17(29)6-8-20(18)32/h4-9,12-14,25,32-34H,3,10-11H2,1-2H3/b26-24+. The van der Waals surface area contributed by atoms with Crippen LogP contribution in [-0.2, 0) is 9.59 Å². The number of nitrogens with zero attached hydrogens (tertiary/aromatic N) is 2. The number of hydrogen-bond acceptors (Lipinski definition) is 8. The Morgan fingerprint density at radius 2 is 1.82 bits per heavy atom. The highest BCUT2D eigenvalue weighted by Gasteiger charge is 2.48. The van der Waals surface area contributed by atoms with E-state index < -0.39 is 23.5 Å². The molecule has 1 fully saturated rings. The van der Waals surface area contributed by atoms with Crippen LogP contribution in [0.25, 0.3) is 5.76 Å². The second kappa shape index (κ2) is 9.83. The van der Waals surface area contributed by atoms with Gasteiger partial charge in [0.1, 0.15) is 23.9 Å². The number of aliphatic hydroxyl groups excluding tert-OH is 1. The summed E-state index contributed by atoms with van der Waals surface area (Å²) in [4.78, 5) is 30.0. The lowest BCUT2D eigenvalue weighted by atomic mass is 9.94. The number of aromatic hydroxyl groups is 2. The number of fused-ring (bicyclic) bond motifs is 1. The van der Waals surface area contributed by atoms with E-state index in [2.05, 4.69) is 0 Å². The Labute approximate surface area is 223 Å². The molecule has 38 heavy (non-hydrogen) atoms. The first-order chi connectivity index (χ1) is 18.2. The molecule has 2 aliphatic rings. The van der Waals surface area contributed by atoms with Gasteiger partial charge in [0.15, 0.2) is 11.5 Å². The first kappa shape index (κ1) is 25.3. The molecular formula is C28H25ClN2O7. The number of aliphatic hydroxyl groups is 1. The van der Waals surface area contributed by atoms with E-state index in [4.69, 9.17) is 21.1 Å². The molecule has 1 unspecified atom stereocenters. The number of halogens is 1. The van der Waals surface area contributed by atoms with Gasteiger partial charge >= 0.3 is 0 Å². The van der Waals surface area contributed by atoms with Crippen molar-refractivity contribution in [3.05, 3.63) is 76.3 Å². The molecule has 2 aliphatic heterocycles. The molecule has 0 aliphatic carbocycles. The third kappa shape index (κ3) is 4.24. The van der Waals surface area contributed by atoms with E-state index in [-0.39, 0.29) is 40.1 Å². The molecule has 3 aromatic carbocycles. The largest absolute Gasteiger partial charge is 0.507 e. The zero-order valence-electron chi connectivity index (χ0n) is 20.6. The van der Waals surface area contributed by atoms with E-state index in [9.17, 15) is 24.9 Å². The Kier molecular flexibility index (Phi) is 6.54. The number of carbonyl (C=O) groups excluding carboxylic acids is 2. The molecule has 196 valence electrons. The van der Waals surface area contributed by atoms with Gasteiger partial charge in [-0.25, -0.2) is 0 Å². The monoisotopic (exact) mass is 536 g/mol. The number of amides is 1. The quantitative estimate of drug-likeness (QED) is 0.246. The molecule has 1 atom stereocenters. The summed E-state index contributed by atoms with van der Waals surface area (Å²) in [5.74, 6) is -1.94. The van der Waals surface area contributed by atoms with Gasteiger partial charge in [-0.05, 0) is 61.0 Å². The second-order valence-corrected chi connectivity index (χ2v) is 9.35. The average molecular weight is 537 g/mol. The lowest BCUT2D eigenvalue weighted by Crippen LogP contribution is -2.29. The van der Waals surface area contributed by atoms with Crippen molar-refractivity contribution in [2.75, 3.05) is 36.6 Å². The summed E-state index contributed by atoms with van der Waals surface area (Å²) in [6.07, 6.45) is 0. The van der Waals surface area contributed by atoms with Gasteiger partial charge in [-0.15, -0.1) is 0 Å². The van der Waals surface area contributed by atoms with Crippen molar-refractivity contribution in [3.63, 3.8) is 0 Å². The maximum absolute atomic E-state index is 13.5. The van der Waals surface area contributed by atoms with E-state index in [0.29, 0.717) is 30.0 Å². The smallest absolute Gasteiger partial charge is 0.300 e. The predicted octanol–water partition coefficient (Wildman–Crippen LogP) is 4.60. The van der Waals surface area contributed by atoms with E-state index in [1.165, 1.54) is 36.4 Å². The molecular weight excluding hydrogens is 512 g/mol. The summed E-state index contributed by atoms with van der Waals surface area (Å²) in [6.45, 7) is 3.17. The molecule has 5 rings (SSSR count). The van der Waals surface area contributed by atoms with Crippen LogP contribution in [0, 0.1) is 0 Å². The van der Waals surface area contributed by atoms with Crippen molar-refractivity contribution in [2.24, 2.45) is 0 Å². The fourth-order valence-electron chi connectivity index (χ4n) is 4.71. The third-order valence-corrected chi connectivity index (χ3v) is 6.80. The number of hydrogen-bond donors (Lipinski definition) is 3. The fourth-order valence-corrected chi connectivity index (χ4v) is 4.88. The fraction of sp³-hybridized carbons (Fsp3) is 0.214. The Balaban J connectivity index is 1.74. The zero-order chi connectivity index (χ0) is 27.1. The van der Waals surface area contributed by atoms with Crippen molar-refractivity contribution in [3.8, 4) is 23.0 Å². The molecule has 9 nitrogen and oxygen atoms in total. The first-order valence-electron chi connectivity index (χ1n) is 11.9. The minimum atomic E-state index is -1.16. The van der Waals surface area contributed by atoms with Crippen LogP contribution in [0.15, 0.2) is 60.2 Å². The number of rotatable bonds is 5.